The van der Waals surface area contributed by atoms with E-state index in [1.165, 1.54) is 0 Å². The monoisotopic (exact) mass is 524 g/mol. The summed E-state index contributed by atoms with van der Waals surface area (Å²) in [5, 5.41) is 5.41. The van der Waals surface area contributed by atoms with Crippen LogP contribution < -0.4 is 4.90 Å². The lowest BCUT2D eigenvalue weighted by atomic mass is 9.77. The Morgan fingerprint density at radius 3 is 1.77 bits per heavy atom. The molecule has 5 nitrogen and oxygen atoms in total. The summed E-state index contributed by atoms with van der Waals surface area (Å²) in [5.41, 5.74) is 6.19. The SMILES string of the molecule is C=Cc1c(-c2ccnc(N3CCOCC3)c2)nn(C(c2ccccc2)(c2ccccc2)c2ccccc2)c1C=C. The second-order valence-electron chi connectivity index (χ2n) is 9.78. The first-order chi connectivity index (χ1) is 19.8. The highest BCUT2D eigenvalue weighted by atomic mass is 16.5. The van der Waals surface area contributed by atoms with Gasteiger partial charge in [0.2, 0.25) is 0 Å². The van der Waals surface area contributed by atoms with Crippen LogP contribution in [0.3, 0.4) is 0 Å². The molecular weight excluding hydrogens is 492 g/mol. The van der Waals surface area contributed by atoms with E-state index in [0.717, 1.165) is 58.1 Å². The third-order valence-corrected chi connectivity index (χ3v) is 7.60. The third kappa shape index (κ3) is 4.34. The zero-order valence-electron chi connectivity index (χ0n) is 22.5. The molecule has 0 amide bonds. The Hall–Kier alpha value is -4.74. The molecule has 5 aromatic rings. The number of benzene rings is 3. The van der Waals surface area contributed by atoms with E-state index in [0.29, 0.717) is 13.2 Å². The van der Waals surface area contributed by atoms with Crippen LogP contribution in [-0.4, -0.2) is 41.1 Å². The fourth-order valence-corrected chi connectivity index (χ4v) is 5.75. The third-order valence-electron chi connectivity index (χ3n) is 7.60. The molecule has 1 fully saturated rings. The molecule has 3 aromatic carbocycles. The van der Waals surface area contributed by atoms with Crippen molar-refractivity contribution in [1.82, 2.24) is 14.8 Å². The number of anilines is 1. The number of rotatable bonds is 8. The maximum atomic E-state index is 5.56. The van der Waals surface area contributed by atoms with Crippen molar-refractivity contribution >= 4 is 18.0 Å². The second-order valence-corrected chi connectivity index (χ2v) is 9.78. The van der Waals surface area contributed by atoms with Gasteiger partial charge in [-0.1, -0.05) is 110 Å². The van der Waals surface area contributed by atoms with Gasteiger partial charge in [-0.3, -0.25) is 0 Å². The van der Waals surface area contributed by atoms with Crippen molar-refractivity contribution in [3.05, 3.63) is 150 Å². The van der Waals surface area contributed by atoms with Gasteiger partial charge in [0.15, 0.2) is 0 Å². The van der Waals surface area contributed by atoms with E-state index in [1.54, 1.807) is 0 Å². The van der Waals surface area contributed by atoms with Crippen LogP contribution in [0.4, 0.5) is 5.82 Å². The largest absolute Gasteiger partial charge is 0.378 e. The quantitative estimate of drug-likeness (QED) is 0.207. The molecule has 1 aliphatic heterocycles. The van der Waals surface area contributed by atoms with E-state index in [9.17, 15) is 0 Å². The summed E-state index contributed by atoms with van der Waals surface area (Å²) in [5.74, 6) is 0.922. The molecular formula is C35H32N4O. The average Bonchev–Trinajstić information content (AvgIpc) is 3.42. The summed E-state index contributed by atoms with van der Waals surface area (Å²) in [6.45, 7) is 11.5. The van der Waals surface area contributed by atoms with Crippen LogP contribution in [-0.2, 0) is 10.3 Å². The Kier molecular flexibility index (Phi) is 7.13. The van der Waals surface area contributed by atoms with Crippen molar-refractivity contribution in [1.29, 1.82) is 0 Å². The van der Waals surface area contributed by atoms with E-state index in [2.05, 4.69) is 107 Å². The van der Waals surface area contributed by atoms with E-state index in [-0.39, 0.29) is 0 Å². The van der Waals surface area contributed by atoms with E-state index in [1.807, 2.05) is 42.6 Å². The van der Waals surface area contributed by atoms with E-state index >= 15 is 0 Å². The van der Waals surface area contributed by atoms with Crippen molar-refractivity contribution in [2.75, 3.05) is 31.2 Å². The Labute approximate surface area is 235 Å². The average molecular weight is 525 g/mol. The predicted molar refractivity (Wildman–Crippen MR) is 163 cm³/mol. The maximum Gasteiger partial charge on any atom is 0.138 e. The van der Waals surface area contributed by atoms with Crippen molar-refractivity contribution < 1.29 is 4.74 Å². The second kappa shape index (κ2) is 11.2. The molecule has 0 atom stereocenters. The van der Waals surface area contributed by atoms with Gasteiger partial charge >= 0.3 is 0 Å². The molecule has 2 aromatic heterocycles. The van der Waals surface area contributed by atoms with Gasteiger partial charge in [-0.2, -0.15) is 5.10 Å². The zero-order valence-corrected chi connectivity index (χ0v) is 22.5. The summed E-state index contributed by atoms with van der Waals surface area (Å²) in [7, 11) is 0. The molecule has 0 aliphatic carbocycles. The smallest absolute Gasteiger partial charge is 0.138 e. The number of morpholine rings is 1. The molecule has 0 radical (unpaired) electrons. The number of pyridine rings is 1. The van der Waals surface area contributed by atoms with Crippen molar-refractivity contribution in [2.45, 2.75) is 5.54 Å². The molecule has 5 heteroatoms. The fraction of sp³-hybridized carbons (Fsp3) is 0.143. The van der Waals surface area contributed by atoms with Crippen molar-refractivity contribution in [3.8, 4) is 11.3 Å². The lowest BCUT2D eigenvalue weighted by molar-refractivity contribution is 0.122. The number of ether oxygens (including phenoxy) is 1. The summed E-state index contributed by atoms with van der Waals surface area (Å²) >= 11 is 0. The lowest BCUT2D eigenvalue weighted by Crippen LogP contribution is -2.39. The first-order valence-corrected chi connectivity index (χ1v) is 13.6. The minimum absolute atomic E-state index is 0.701. The molecule has 1 saturated heterocycles. The molecule has 40 heavy (non-hydrogen) atoms. The molecule has 0 unspecified atom stereocenters. The van der Waals surface area contributed by atoms with Crippen LogP contribution in [0.25, 0.3) is 23.4 Å². The van der Waals surface area contributed by atoms with Gasteiger partial charge in [0, 0.05) is 30.4 Å². The van der Waals surface area contributed by atoms with Gasteiger partial charge in [0.05, 0.1) is 18.9 Å². The van der Waals surface area contributed by atoms with Crippen molar-refractivity contribution in [3.63, 3.8) is 0 Å². The summed E-state index contributed by atoms with van der Waals surface area (Å²) in [6.07, 6.45) is 5.63. The standard InChI is InChI=1S/C35H32N4O/c1-3-31-32(4-2)39(37-34(31)27-20-21-36-33(26-27)38-22-24-40-25-23-38)35(28-14-8-5-9-15-28,29-16-10-6-11-17-29)30-18-12-7-13-19-30/h3-21,26H,1-2,22-25H2. The Bertz CT molecular complexity index is 1510. The number of nitrogens with zero attached hydrogens (tertiary/aromatic N) is 4. The van der Waals surface area contributed by atoms with Crippen molar-refractivity contribution in [2.24, 2.45) is 0 Å². The van der Waals surface area contributed by atoms with E-state index in [4.69, 9.17) is 9.84 Å². The maximum absolute atomic E-state index is 5.56. The summed E-state index contributed by atoms with van der Waals surface area (Å²) < 4.78 is 7.69. The molecule has 3 heterocycles. The number of aromatic nitrogens is 3. The van der Waals surface area contributed by atoms with Crippen LogP contribution in [0, 0.1) is 0 Å². The zero-order chi connectivity index (χ0) is 27.4. The summed E-state index contributed by atoms with van der Waals surface area (Å²) in [6, 6.07) is 35.8. The molecule has 198 valence electrons. The molecule has 0 spiro atoms. The minimum atomic E-state index is -0.761. The first kappa shape index (κ1) is 25.5. The normalized spacial score (nSPS) is 13.7. The van der Waals surface area contributed by atoms with Gasteiger partial charge in [-0.25, -0.2) is 9.67 Å². The van der Waals surface area contributed by atoms with Gasteiger partial charge in [-0.15, -0.1) is 0 Å². The van der Waals surface area contributed by atoms with Crippen LogP contribution in [0.1, 0.15) is 27.9 Å². The Balaban J connectivity index is 1.65. The molecule has 0 bridgehead atoms. The lowest BCUT2D eigenvalue weighted by Gasteiger charge is -2.37. The van der Waals surface area contributed by atoms with Gasteiger partial charge in [-0.05, 0) is 34.9 Å². The highest BCUT2D eigenvalue weighted by Gasteiger charge is 2.41. The Morgan fingerprint density at radius 1 is 0.725 bits per heavy atom. The van der Waals surface area contributed by atoms with Crippen LogP contribution in [0.5, 0.6) is 0 Å². The highest BCUT2D eigenvalue weighted by molar-refractivity contribution is 5.79. The number of hydrogen-bond donors (Lipinski definition) is 0. The molecule has 0 N–H and O–H groups in total. The Morgan fingerprint density at radius 2 is 1.27 bits per heavy atom. The first-order valence-electron chi connectivity index (χ1n) is 13.6. The summed E-state index contributed by atoms with van der Waals surface area (Å²) in [4.78, 5) is 6.93. The van der Waals surface area contributed by atoms with Crippen LogP contribution in [0.2, 0.25) is 0 Å². The number of hydrogen-bond acceptors (Lipinski definition) is 4. The topological polar surface area (TPSA) is 43.2 Å². The van der Waals surface area contributed by atoms with Crippen LogP contribution in [0.15, 0.2) is 122 Å². The fourth-order valence-electron chi connectivity index (χ4n) is 5.75. The van der Waals surface area contributed by atoms with Crippen LogP contribution >= 0.6 is 0 Å². The van der Waals surface area contributed by atoms with E-state index < -0.39 is 5.54 Å². The minimum Gasteiger partial charge on any atom is -0.378 e. The highest BCUT2D eigenvalue weighted by Crippen LogP contribution is 2.43. The molecule has 1 aliphatic rings. The predicted octanol–water partition coefficient (Wildman–Crippen LogP) is 6.91. The van der Waals surface area contributed by atoms with Gasteiger partial charge in [0.25, 0.3) is 0 Å². The molecule has 6 rings (SSSR count). The van der Waals surface area contributed by atoms with Gasteiger partial charge < -0.3 is 9.64 Å². The van der Waals surface area contributed by atoms with Gasteiger partial charge in [0.1, 0.15) is 17.1 Å². The molecule has 0 saturated carbocycles.